The van der Waals surface area contributed by atoms with Crippen molar-refractivity contribution in [3.63, 3.8) is 0 Å². The van der Waals surface area contributed by atoms with Crippen molar-refractivity contribution in [1.29, 1.82) is 0 Å². The molecule has 2 aromatic carbocycles. The molecule has 0 aliphatic carbocycles. The third-order valence-electron chi connectivity index (χ3n) is 4.59. The molecule has 0 aromatic heterocycles. The van der Waals surface area contributed by atoms with E-state index >= 15 is 0 Å². The highest BCUT2D eigenvalue weighted by Crippen LogP contribution is 2.31. The molecule has 0 saturated carbocycles. The van der Waals surface area contributed by atoms with Gasteiger partial charge in [0.1, 0.15) is 11.9 Å². The maximum Gasteiger partial charge on any atom is 0.416 e. The van der Waals surface area contributed by atoms with Gasteiger partial charge in [0.05, 0.1) is 10.5 Å². The number of hydrogen-bond donors (Lipinski definition) is 2. The Morgan fingerprint density at radius 3 is 2.55 bits per heavy atom. The monoisotopic (exact) mass is 461 g/mol. The first-order valence-electron chi connectivity index (χ1n) is 9.17. The highest BCUT2D eigenvalue weighted by molar-refractivity contribution is 7.89. The molecule has 1 aliphatic heterocycles. The first-order chi connectivity index (χ1) is 14.6. The molecule has 0 spiro atoms. The molecule has 12 heteroatoms. The van der Waals surface area contributed by atoms with Crippen LogP contribution in [0.25, 0.3) is 0 Å². The van der Waals surface area contributed by atoms with Gasteiger partial charge in [-0.25, -0.2) is 23.1 Å². The second kappa shape index (κ2) is 9.20. The van der Waals surface area contributed by atoms with Gasteiger partial charge in [-0.2, -0.15) is 17.5 Å². The predicted octanol–water partition coefficient (Wildman–Crippen LogP) is 3.04. The van der Waals surface area contributed by atoms with Crippen LogP contribution in [0.4, 0.5) is 22.4 Å². The number of sulfonamides is 1. The van der Waals surface area contributed by atoms with Gasteiger partial charge in [0.2, 0.25) is 10.0 Å². The number of carbonyl (C=O) groups is 1. The Hall–Kier alpha value is -2.70. The van der Waals surface area contributed by atoms with E-state index in [1.807, 2.05) is 0 Å². The fourth-order valence-corrected chi connectivity index (χ4v) is 4.48. The summed E-state index contributed by atoms with van der Waals surface area (Å²) in [5.74, 6) is -0.401. The lowest BCUT2D eigenvalue weighted by molar-refractivity contribution is -0.137. The molecule has 3 rings (SSSR count). The van der Waals surface area contributed by atoms with Crippen LogP contribution < -0.4 is 10.8 Å². The summed E-state index contributed by atoms with van der Waals surface area (Å²) in [4.78, 5) is 16.6. The van der Waals surface area contributed by atoms with Crippen LogP contribution in [-0.2, 0) is 27.6 Å². The Morgan fingerprint density at radius 2 is 1.87 bits per heavy atom. The molecule has 1 atom stereocenters. The highest BCUT2D eigenvalue weighted by Gasteiger charge is 2.36. The van der Waals surface area contributed by atoms with Gasteiger partial charge in [0.25, 0.3) is 0 Å². The van der Waals surface area contributed by atoms with Crippen molar-refractivity contribution in [1.82, 2.24) is 15.1 Å². The summed E-state index contributed by atoms with van der Waals surface area (Å²) in [7, 11) is -4.15. The van der Waals surface area contributed by atoms with Gasteiger partial charge in [-0.15, -0.1) is 0 Å². The maximum absolute atomic E-state index is 12.9. The lowest BCUT2D eigenvalue weighted by Crippen LogP contribution is -2.39. The largest absolute Gasteiger partial charge is 0.416 e. The van der Waals surface area contributed by atoms with Crippen molar-refractivity contribution in [2.45, 2.75) is 30.1 Å². The lowest BCUT2D eigenvalue weighted by Gasteiger charge is -2.18. The number of hydrogen-bond acceptors (Lipinski definition) is 4. The normalized spacial score (nSPS) is 17.5. The molecule has 1 heterocycles. The molecule has 7 nitrogen and oxygen atoms in total. The van der Waals surface area contributed by atoms with Crippen molar-refractivity contribution < 1.29 is 35.6 Å². The molecule has 168 valence electrons. The second-order valence-corrected chi connectivity index (χ2v) is 8.77. The number of hydroxylamine groups is 1. The summed E-state index contributed by atoms with van der Waals surface area (Å²) in [6, 6.07) is 8.35. The molecule has 2 N–H and O–H groups in total. The van der Waals surface area contributed by atoms with E-state index in [-0.39, 0.29) is 26.1 Å². The number of carbonyl (C=O) groups excluding carboxylic acids is 1. The van der Waals surface area contributed by atoms with Crippen molar-refractivity contribution in [3.8, 4) is 0 Å². The van der Waals surface area contributed by atoms with Crippen molar-refractivity contribution in [3.05, 3.63) is 65.5 Å². The minimum absolute atomic E-state index is 0.0299. The van der Waals surface area contributed by atoms with Crippen molar-refractivity contribution in [2.75, 3.05) is 13.1 Å². The highest BCUT2D eigenvalue weighted by atomic mass is 32.2. The molecule has 1 saturated heterocycles. The summed E-state index contributed by atoms with van der Waals surface area (Å²) in [5.41, 5.74) is 1.76. The molecule has 0 bridgehead atoms. The molecular weight excluding hydrogens is 442 g/mol. The Balaban J connectivity index is 1.51. The summed E-state index contributed by atoms with van der Waals surface area (Å²) in [6.07, 6.45) is -5.08. The first kappa shape index (κ1) is 23.0. The zero-order valence-corrected chi connectivity index (χ0v) is 16.8. The molecular formula is C19H19F4N3O4S. The van der Waals surface area contributed by atoms with Crippen molar-refractivity contribution >= 4 is 16.1 Å². The number of nitrogens with zero attached hydrogens (tertiary/aromatic N) is 1. The molecule has 2 aromatic rings. The Bertz CT molecular complexity index is 1030. The quantitative estimate of drug-likeness (QED) is 0.512. The van der Waals surface area contributed by atoms with E-state index in [2.05, 4.69) is 10.8 Å². The molecule has 31 heavy (non-hydrogen) atoms. The average molecular weight is 461 g/mol. The van der Waals surface area contributed by atoms with Crippen LogP contribution in [0, 0.1) is 5.82 Å². The van der Waals surface area contributed by atoms with Gasteiger partial charge in [0.15, 0.2) is 0 Å². The number of halogens is 4. The van der Waals surface area contributed by atoms with Gasteiger partial charge < -0.3 is 5.32 Å². The van der Waals surface area contributed by atoms with Gasteiger partial charge in [0, 0.05) is 19.6 Å². The van der Waals surface area contributed by atoms with E-state index in [4.69, 9.17) is 4.84 Å². The Kier molecular flexibility index (Phi) is 6.82. The molecule has 1 fully saturated rings. The SMILES string of the molecule is O=C(NCc1ccc(F)cc1)NO[C@@H]1CCN(S(=O)(=O)c2cccc(C(F)(F)F)c2)C1. The number of nitrogens with one attached hydrogen (secondary N) is 2. The van der Waals surface area contributed by atoms with Crippen LogP contribution in [0.2, 0.25) is 0 Å². The number of rotatable bonds is 6. The molecule has 0 radical (unpaired) electrons. The van der Waals surface area contributed by atoms with Gasteiger partial charge in [-0.3, -0.25) is 4.84 Å². The van der Waals surface area contributed by atoms with E-state index < -0.39 is 44.6 Å². The standard InChI is InChI=1S/C19H19F4N3O4S/c20-15-6-4-13(5-7-15)11-24-18(27)25-30-16-8-9-26(12-16)31(28,29)17-3-1-2-14(10-17)19(21,22)23/h1-7,10,16H,8-9,11-12H2,(H2,24,25,27)/t16-/m1/s1. The Labute approximate surface area is 176 Å². The number of alkyl halides is 3. The van der Waals surface area contributed by atoms with E-state index in [1.165, 1.54) is 24.3 Å². The number of urea groups is 1. The topological polar surface area (TPSA) is 87.7 Å². The second-order valence-electron chi connectivity index (χ2n) is 6.83. The summed E-state index contributed by atoms with van der Waals surface area (Å²) in [6.45, 7) is 0.0230. The van der Waals surface area contributed by atoms with Gasteiger partial charge >= 0.3 is 12.2 Å². The van der Waals surface area contributed by atoms with Crippen LogP contribution >= 0.6 is 0 Å². The fourth-order valence-electron chi connectivity index (χ4n) is 2.95. The third kappa shape index (κ3) is 5.93. The number of amides is 2. The van der Waals surface area contributed by atoms with E-state index in [9.17, 15) is 30.8 Å². The minimum atomic E-state index is -4.66. The minimum Gasteiger partial charge on any atom is -0.332 e. The zero-order valence-electron chi connectivity index (χ0n) is 16.0. The summed E-state index contributed by atoms with van der Waals surface area (Å²) >= 11 is 0. The van der Waals surface area contributed by atoms with Gasteiger partial charge in [-0.05, 0) is 42.3 Å². The fraction of sp³-hybridized carbons (Fsp3) is 0.316. The molecule has 0 unspecified atom stereocenters. The lowest BCUT2D eigenvalue weighted by atomic mass is 10.2. The van der Waals surface area contributed by atoms with E-state index in [1.54, 1.807) is 0 Å². The first-order valence-corrected chi connectivity index (χ1v) is 10.6. The molecule has 2 amide bonds. The van der Waals surface area contributed by atoms with Crippen LogP contribution in [-0.4, -0.2) is 37.9 Å². The van der Waals surface area contributed by atoms with E-state index in [0.29, 0.717) is 11.6 Å². The molecule has 1 aliphatic rings. The Morgan fingerprint density at radius 1 is 1.16 bits per heavy atom. The van der Waals surface area contributed by atoms with Crippen LogP contribution in [0.5, 0.6) is 0 Å². The number of benzene rings is 2. The average Bonchev–Trinajstić information content (AvgIpc) is 3.21. The zero-order chi connectivity index (χ0) is 22.6. The van der Waals surface area contributed by atoms with Crippen LogP contribution in [0.15, 0.2) is 53.4 Å². The summed E-state index contributed by atoms with van der Waals surface area (Å²) < 4.78 is 77.8. The van der Waals surface area contributed by atoms with Crippen molar-refractivity contribution in [2.24, 2.45) is 0 Å². The maximum atomic E-state index is 12.9. The smallest absolute Gasteiger partial charge is 0.332 e. The van der Waals surface area contributed by atoms with Crippen LogP contribution in [0.1, 0.15) is 17.5 Å². The summed E-state index contributed by atoms with van der Waals surface area (Å²) in [5, 5.41) is 2.49. The third-order valence-corrected chi connectivity index (χ3v) is 6.45. The van der Waals surface area contributed by atoms with E-state index in [0.717, 1.165) is 22.5 Å². The van der Waals surface area contributed by atoms with Crippen LogP contribution in [0.3, 0.4) is 0 Å². The van der Waals surface area contributed by atoms with Gasteiger partial charge in [-0.1, -0.05) is 18.2 Å². The predicted molar refractivity (Wildman–Crippen MR) is 101 cm³/mol.